The third kappa shape index (κ3) is 4.67. The van der Waals surface area contributed by atoms with E-state index in [1.807, 2.05) is 11.0 Å². The first-order chi connectivity index (χ1) is 16.4. The van der Waals surface area contributed by atoms with Crippen molar-refractivity contribution in [3.05, 3.63) is 92.2 Å². The smallest absolute Gasteiger partial charge is 0.227 e. The van der Waals surface area contributed by atoms with Crippen molar-refractivity contribution in [1.29, 1.82) is 0 Å². The Labute approximate surface area is 210 Å². The predicted octanol–water partition coefficient (Wildman–Crippen LogP) is 3.74. The molecular weight excluding hydrogens is 523 g/mol. The van der Waals surface area contributed by atoms with Crippen LogP contribution in [0.5, 0.6) is 0 Å². The van der Waals surface area contributed by atoms with Gasteiger partial charge in [-0.3, -0.25) is 19.9 Å². The highest BCUT2D eigenvalue weighted by Crippen LogP contribution is 2.39. The standard InChI is InChI=1S/C25H24BrClFN4O2/c26-19-12-18-2-1-17-13-20(27)14-21(28)23(17)25(24(18)29-15-19)31-9-7-30(8-10-31)22(33)11-16-3-5-32(34)6-4-16/h3-6,12-15,25,34H,1-2,7-11H2/q+1. The maximum atomic E-state index is 15.3. The number of aryl methyl sites for hydroxylation is 2. The molecule has 0 saturated carbocycles. The van der Waals surface area contributed by atoms with Crippen molar-refractivity contribution >= 4 is 33.4 Å². The van der Waals surface area contributed by atoms with E-state index in [9.17, 15) is 10.0 Å². The van der Waals surface area contributed by atoms with Gasteiger partial charge < -0.3 is 4.90 Å². The number of carbonyl (C=O) groups excluding carboxylic acids is 1. The quantitative estimate of drug-likeness (QED) is 0.402. The minimum atomic E-state index is -0.329. The average molecular weight is 547 g/mol. The molecule has 0 bridgehead atoms. The van der Waals surface area contributed by atoms with E-state index in [4.69, 9.17) is 16.6 Å². The van der Waals surface area contributed by atoms with Gasteiger partial charge in [0.1, 0.15) is 5.82 Å². The summed E-state index contributed by atoms with van der Waals surface area (Å²) in [5.74, 6) is -0.272. The molecule has 5 rings (SSSR count). The lowest BCUT2D eigenvalue weighted by Crippen LogP contribution is -2.50. The molecule has 1 amide bonds. The number of pyridine rings is 2. The Bertz CT molecular complexity index is 1230. The Hall–Kier alpha value is -2.55. The fourth-order valence-corrected chi connectivity index (χ4v) is 5.54. The maximum absolute atomic E-state index is 15.3. The van der Waals surface area contributed by atoms with Crippen LogP contribution in [-0.2, 0) is 24.1 Å². The molecule has 1 aliphatic heterocycles. The number of rotatable bonds is 3. The first-order valence-corrected chi connectivity index (χ1v) is 12.4. The van der Waals surface area contributed by atoms with Crippen LogP contribution in [0, 0.1) is 5.82 Å². The van der Waals surface area contributed by atoms with Gasteiger partial charge in [0.15, 0.2) is 0 Å². The van der Waals surface area contributed by atoms with Crippen LogP contribution in [0.4, 0.5) is 4.39 Å². The van der Waals surface area contributed by atoms with Gasteiger partial charge in [-0.2, -0.15) is 0 Å². The summed E-state index contributed by atoms with van der Waals surface area (Å²) in [6.45, 7) is 2.33. The fourth-order valence-electron chi connectivity index (χ4n) is 4.93. The second-order valence-electron chi connectivity index (χ2n) is 8.74. The number of carbonyl (C=O) groups is 1. The lowest BCUT2D eigenvalue weighted by molar-refractivity contribution is -0.904. The number of hydrogen-bond donors (Lipinski definition) is 1. The van der Waals surface area contributed by atoms with Crippen molar-refractivity contribution in [2.75, 3.05) is 26.2 Å². The topological polar surface area (TPSA) is 60.6 Å². The largest absolute Gasteiger partial charge is 0.340 e. The highest BCUT2D eigenvalue weighted by Gasteiger charge is 2.35. The molecule has 176 valence electrons. The molecule has 3 heterocycles. The number of nitrogens with zero attached hydrogens (tertiary/aromatic N) is 4. The summed E-state index contributed by atoms with van der Waals surface area (Å²) in [6.07, 6.45) is 6.51. The first kappa shape index (κ1) is 23.2. The van der Waals surface area contributed by atoms with E-state index in [1.165, 1.54) is 18.5 Å². The van der Waals surface area contributed by atoms with Gasteiger partial charge in [0.25, 0.3) is 0 Å². The molecule has 1 aliphatic carbocycles. The van der Waals surface area contributed by atoms with Crippen LogP contribution in [0.15, 0.2) is 53.4 Å². The number of amides is 1. The molecule has 1 unspecified atom stereocenters. The summed E-state index contributed by atoms with van der Waals surface area (Å²) in [4.78, 5) is 21.7. The summed E-state index contributed by atoms with van der Waals surface area (Å²) in [5, 5.41) is 9.78. The molecule has 0 spiro atoms. The van der Waals surface area contributed by atoms with Gasteiger partial charge in [0, 0.05) is 64.3 Å². The fraction of sp³-hybridized carbons (Fsp3) is 0.320. The molecule has 34 heavy (non-hydrogen) atoms. The number of hydrogen-bond acceptors (Lipinski definition) is 4. The number of fused-ring (bicyclic) bond motifs is 2. The number of halogens is 3. The molecule has 1 saturated heterocycles. The molecule has 1 aromatic carbocycles. The van der Waals surface area contributed by atoms with Crippen molar-refractivity contribution in [1.82, 2.24) is 14.8 Å². The molecule has 2 aromatic heterocycles. The molecule has 9 heteroatoms. The zero-order valence-corrected chi connectivity index (χ0v) is 20.8. The predicted molar refractivity (Wildman–Crippen MR) is 128 cm³/mol. The Morgan fingerprint density at radius 3 is 2.59 bits per heavy atom. The monoisotopic (exact) mass is 545 g/mol. The second kappa shape index (κ2) is 9.60. The summed E-state index contributed by atoms with van der Waals surface area (Å²) >= 11 is 9.72. The van der Waals surface area contributed by atoms with Crippen molar-refractivity contribution < 1.29 is 19.1 Å². The zero-order chi connectivity index (χ0) is 23.8. The average Bonchev–Trinajstić information content (AvgIpc) is 2.97. The number of aromatic nitrogens is 2. The molecule has 3 aromatic rings. The molecule has 2 aliphatic rings. The van der Waals surface area contributed by atoms with Crippen LogP contribution in [-0.4, -0.2) is 52.1 Å². The van der Waals surface area contributed by atoms with Crippen molar-refractivity contribution in [3.8, 4) is 0 Å². The summed E-state index contributed by atoms with van der Waals surface area (Å²) in [6, 6.07) is 8.44. The number of piperazine rings is 1. The lowest BCUT2D eigenvalue weighted by Gasteiger charge is -2.40. The van der Waals surface area contributed by atoms with Gasteiger partial charge in [0.05, 0.1) is 18.2 Å². The molecule has 6 nitrogen and oxygen atoms in total. The normalized spacial score (nSPS) is 18.2. The molecule has 1 N–H and O–H groups in total. The van der Waals surface area contributed by atoms with Crippen molar-refractivity contribution in [2.24, 2.45) is 0 Å². The third-order valence-corrected chi connectivity index (χ3v) is 7.27. The van der Waals surface area contributed by atoms with Crippen LogP contribution in [0.2, 0.25) is 5.02 Å². The molecule has 1 atom stereocenters. The van der Waals surface area contributed by atoms with E-state index >= 15 is 4.39 Å². The number of benzene rings is 1. The van der Waals surface area contributed by atoms with Crippen LogP contribution >= 0.6 is 27.5 Å². The van der Waals surface area contributed by atoms with Crippen LogP contribution in [0.3, 0.4) is 0 Å². The molecule has 1 fully saturated rings. The zero-order valence-electron chi connectivity index (χ0n) is 18.4. The van der Waals surface area contributed by atoms with Gasteiger partial charge in [-0.05, 0) is 63.7 Å². The Morgan fingerprint density at radius 1 is 1.15 bits per heavy atom. The van der Waals surface area contributed by atoms with Gasteiger partial charge in [-0.1, -0.05) is 11.6 Å². The van der Waals surface area contributed by atoms with E-state index < -0.39 is 0 Å². The highest BCUT2D eigenvalue weighted by atomic mass is 79.9. The van der Waals surface area contributed by atoms with E-state index in [0.29, 0.717) is 43.2 Å². The summed E-state index contributed by atoms with van der Waals surface area (Å²) in [7, 11) is 0. The summed E-state index contributed by atoms with van der Waals surface area (Å²) in [5.41, 5.74) is 4.35. The van der Waals surface area contributed by atoms with E-state index in [1.54, 1.807) is 18.3 Å². The highest BCUT2D eigenvalue weighted by molar-refractivity contribution is 9.10. The van der Waals surface area contributed by atoms with Gasteiger partial charge in [-0.15, -0.1) is 0 Å². The van der Waals surface area contributed by atoms with Crippen LogP contribution in [0.1, 0.15) is 34.0 Å². The van der Waals surface area contributed by atoms with E-state index in [2.05, 4.69) is 26.9 Å². The Morgan fingerprint density at radius 2 is 1.85 bits per heavy atom. The van der Waals surface area contributed by atoms with Crippen LogP contribution < -0.4 is 4.73 Å². The van der Waals surface area contributed by atoms with Gasteiger partial charge in [-0.25, -0.2) is 4.39 Å². The van der Waals surface area contributed by atoms with Crippen LogP contribution in [0.25, 0.3) is 0 Å². The molecule has 0 radical (unpaired) electrons. The van der Waals surface area contributed by atoms with E-state index in [0.717, 1.165) is 38.0 Å². The third-order valence-electron chi connectivity index (χ3n) is 6.61. The molecular formula is C25H24BrClFN4O2+. The maximum Gasteiger partial charge on any atom is 0.227 e. The lowest BCUT2D eigenvalue weighted by atomic mass is 9.95. The van der Waals surface area contributed by atoms with E-state index in [-0.39, 0.29) is 24.2 Å². The van der Waals surface area contributed by atoms with Gasteiger partial charge in [0.2, 0.25) is 18.3 Å². The first-order valence-electron chi connectivity index (χ1n) is 11.2. The second-order valence-corrected chi connectivity index (χ2v) is 10.1. The Kier molecular flexibility index (Phi) is 6.55. The Balaban J connectivity index is 1.40. The SMILES string of the molecule is O=C(Cc1cc[n+](O)cc1)N1CCN(C2c3ncc(Br)cc3CCc3cc(Cl)cc(F)c32)CC1. The van der Waals surface area contributed by atoms with Crippen molar-refractivity contribution in [2.45, 2.75) is 25.3 Å². The minimum absolute atomic E-state index is 0.0389. The van der Waals surface area contributed by atoms with Gasteiger partial charge >= 0.3 is 0 Å². The summed E-state index contributed by atoms with van der Waals surface area (Å²) < 4.78 is 17.2. The minimum Gasteiger partial charge on any atom is -0.340 e. The van der Waals surface area contributed by atoms with Crippen molar-refractivity contribution in [3.63, 3.8) is 0 Å².